The number of rotatable bonds is 7. The van der Waals surface area contributed by atoms with E-state index in [-0.39, 0.29) is 6.10 Å². The number of benzene rings is 2. The van der Waals surface area contributed by atoms with Crippen LogP contribution in [0.25, 0.3) is 22.8 Å². The van der Waals surface area contributed by atoms with E-state index in [2.05, 4.69) is 24.9 Å². The van der Waals surface area contributed by atoms with Gasteiger partial charge in [-0.25, -0.2) is 0 Å². The molecule has 0 saturated carbocycles. The van der Waals surface area contributed by atoms with Crippen molar-refractivity contribution in [2.24, 2.45) is 0 Å². The van der Waals surface area contributed by atoms with Crippen molar-refractivity contribution in [3.8, 4) is 22.8 Å². The van der Waals surface area contributed by atoms with Crippen molar-refractivity contribution in [3.05, 3.63) is 64.5 Å². The second-order valence-corrected chi connectivity index (χ2v) is 9.18. The average molecular weight is 488 g/mol. The fourth-order valence-electron chi connectivity index (χ4n) is 3.55. The van der Waals surface area contributed by atoms with Gasteiger partial charge in [0.1, 0.15) is 0 Å². The summed E-state index contributed by atoms with van der Waals surface area (Å²) in [5, 5.41) is 15.0. The fourth-order valence-corrected chi connectivity index (χ4v) is 4.65. The molecule has 0 spiro atoms. The van der Waals surface area contributed by atoms with Gasteiger partial charge in [0.15, 0.2) is 11.0 Å². The van der Waals surface area contributed by atoms with Crippen molar-refractivity contribution in [1.29, 1.82) is 0 Å². The molecule has 0 bridgehead atoms. The highest BCUT2D eigenvalue weighted by Crippen LogP contribution is 2.29. The number of thioether (sulfide) groups is 1. The summed E-state index contributed by atoms with van der Waals surface area (Å²) in [6, 6.07) is 15.0. The molecule has 2 aromatic heterocycles. The molecule has 1 fully saturated rings. The first-order valence-electron chi connectivity index (χ1n) is 10.2. The monoisotopic (exact) mass is 487 g/mol. The highest BCUT2D eigenvalue weighted by molar-refractivity contribution is 7.98. The molecule has 0 N–H and O–H groups in total. The minimum absolute atomic E-state index is 0.147. The highest BCUT2D eigenvalue weighted by atomic mass is 35.5. The van der Waals surface area contributed by atoms with Crippen LogP contribution in [-0.4, -0.2) is 37.6 Å². The van der Waals surface area contributed by atoms with Gasteiger partial charge in [-0.15, -0.1) is 10.2 Å². The zero-order valence-electron chi connectivity index (χ0n) is 16.9. The summed E-state index contributed by atoms with van der Waals surface area (Å²) in [6.07, 6.45) is 2.24. The van der Waals surface area contributed by atoms with E-state index in [1.165, 1.54) is 11.8 Å². The molecule has 0 amide bonds. The van der Waals surface area contributed by atoms with Crippen LogP contribution in [0.4, 0.5) is 0 Å². The van der Waals surface area contributed by atoms with Gasteiger partial charge in [0.05, 0.1) is 18.4 Å². The molecule has 1 aliphatic rings. The normalized spacial score (nSPS) is 16.0. The predicted octanol–water partition coefficient (Wildman–Crippen LogP) is 5.77. The first-order chi connectivity index (χ1) is 15.7. The number of hydrogen-bond acceptors (Lipinski definition) is 7. The van der Waals surface area contributed by atoms with Crippen LogP contribution in [0.2, 0.25) is 10.0 Å². The molecule has 1 saturated heterocycles. The van der Waals surface area contributed by atoms with Crippen LogP contribution in [0.3, 0.4) is 0 Å². The van der Waals surface area contributed by atoms with Gasteiger partial charge in [0, 0.05) is 27.8 Å². The third kappa shape index (κ3) is 4.83. The summed E-state index contributed by atoms with van der Waals surface area (Å²) in [6.45, 7) is 1.48. The van der Waals surface area contributed by atoms with Crippen LogP contribution in [0.5, 0.6) is 0 Å². The standard InChI is InChI=1S/C22H19Cl2N5O2S/c23-16-8-6-14(7-9-16)21-26-27-22(29(21)12-18-5-2-10-30-18)32-13-19-25-20(28-31-19)15-3-1-4-17(24)11-15/h1,3-4,6-9,11,18H,2,5,10,12-13H2/t18-/m1/s1. The van der Waals surface area contributed by atoms with Gasteiger partial charge in [-0.2, -0.15) is 4.98 Å². The quantitative estimate of drug-likeness (QED) is 0.306. The Morgan fingerprint density at radius 2 is 1.91 bits per heavy atom. The highest BCUT2D eigenvalue weighted by Gasteiger charge is 2.22. The molecule has 3 heterocycles. The minimum atomic E-state index is 0.147. The third-order valence-corrected chi connectivity index (χ3v) is 6.54. The molecule has 2 aromatic carbocycles. The average Bonchev–Trinajstić information content (AvgIpc) is 3.55. The molecule has 0 aliphatic carbocycles. The number of ether oxygens (including phenoxy) is 1. The van der Waals surface area contributed by atoms with Crippen LogP contribution in [-0.2, 0) is 17.0 Å². The molecule has 4 aromatic rings. The van der Waals surface area contributed by atoms with Crippen molar-refractivity contribution >= 4 is 35.0 Å². The second-order valence-electron chi connectivity index (χ2n) is 7.37. The molecule has 10 heteroatoms. The van der Waals surface area contributed by atoms with E-state index in [4.69, 9.17) is 32.5 Å². The maximum absolute atomic E-state index is 6.07. The van der Waals surface area contributed by atoms with E-state index in [1.54, 1.807) is 12.1 Å². The Bertz CT molecular complexity index is 1210. The number of aromatic nitrogens is 5. The summed E-state index contributed by atoms with van der Waals surface area (Å²) in [4.78, 5) is 4.49. The summed E-state index contributed by atoms with van der Waals surface area (Å²) in [7, 11) is 0. The van der Waals surface area contributed by atoms with Crippen LogP contribution in [0.15, 0.2) is 58.2 Å². The fraction of sp³-hybridized carbons (Fsp3) is 0.273. The van der Waals surface area contributed by atoms with E-state index < -0.39 is 0 Å². The molecular formula is C22H19Cl2N5O2S. The Kier molecular flexibility index (Phi) is 6.45. The Hall–Kier alpha value is -2.39. The van der Waals surface area contributed by atoms with Gasteiger partial charge in [0.25, 0.3) is 0 Å². The van der Waals surface area contributed by atoms with E-state index in [0.29, 0.717) is 34.1 Å². The SMILES string of the molecule is Clc1ccc(-c2nnc(SCc3nc(-c4cccc(Cl)c4)no3)n2C[C@H]2CCCO2)cc1. The minimum Gasteiger partial charge on any atom is -0.376 e. The molecule has 0 radical (unpaired) electrons. The smallest absolute Gasteiger partial charge is 0.237 e. The Balaban J connectivity index is 1.36. The molecule has 32 heavy (non-hydrogen) atoms. The predicted molar refractivity (Wildman–Crippen MR) is 124 cm³/mol. The van der Waals surface area contributed by atoms with Crippen molar-refractivity contribution < 1.29 is 9.26 Å². The summed E-state index contributed by atoms with van der Waals surface area (Å²) < 4.78 is 13.4. The largest absolute Gasteiger partial charge is 0.376 e. The molecule has 164 valence electrons. The lowest BCUT2D eigenvalue weighted by atomic mass is 10.2. The first-order valence-corrected chi connectivity index (χ1v) is 11.9. The van der Waals surface area contributed by atoms with Crippen LogP contribution >= 0.6 is 35.0 Å². The molecule has 5 rings (SSSR count). The van der Waals surface area contributed by atoms with Gasteiger partial charge in [0.2, 0.25) is 11.7 Å². The van der Waals surface area contributed by atoms with Gasteiger partial charge in [-0.1, -0.05) is 52.3 Å². The molecule has 0 unspecified atom stereocenters. The van der Waals surface area contributed by atoms with E-state index >= 15 is 0 Å². The van der Waals surface area contributed by atoms with Crippen molar-refractivity contribution in [3.63, 3.8) is 0 Å². The number of hydrogen-bond donors (Lipinski definition) is 0. The van der Waals surface area contributed by atoms with Gasteiger partial charge < -0.3 is 9.26 Å². The van der Waals surface area contributed by atoms with Crippen molar-refractivity contribution in [1.82, 2.24) is 24.9 Å². The van der Waals surface area contributed by atoms with E-state index in [0.717, 1.165) is 41.6 Å². The topological polar surface area (TPSA) is 78.9 Å². The van der Waals surface area contributed by atoms with Crippen LogP contribution in [0.1, 0.15) is 18.7 Å². The Morgan fingerprint density at radius 3 is 2.69 bits per heavy atom. The lowest BCUT2D eigenvalue weighted by Crippen LogP contribution is -2.16. The number of nitrogens with zero attached hydrogens (tertiary/aromatic N) is 5. The summed E-state index contributed by atoms with van der Waals surface area (Å²) in [5.74, 6) is 2.26. The third-order valence-electron chi connectivity index (χ3n) is 5.11. The number of halogens is 2. The second kappa shape index (κ2) is 9.62. The summed E-state index contributed by atoms with van der Waals surface area (Å²) in [5.41, 5.74) is 1.76. The molecule has 7 nitrogen and oxygen atoms in total. The lowest BCUT2D eigenvalue weighted by Gasteiger charge is -2.14. The maximum Gasteiger partial charge on any atom is 0.237 e. The van der Waals surface area contributed by atoms with E-state index in [1.807, 2.05) is 36.4 Å². The Labute approximate surface area is 199 Å². The van der Waals surface area contributed by atoms with Crippen LogP contribution < -0.4 is 0 Å². The van der Waals surface area contributed by atoms with Crippen molar-refractivity contribution in [2.45, 2.75) is 36.4 Å². The Morgan fingerprint density at radius 1 is 1.03 bits per heavy atom. The van der Waals surface area contributed by atoms with Gasteiger partial charge in [-0.3, -0.25) is 4.57 Å². The molecule has 1 atom stereocenters. The zero-order chi connectivity index (χ0) is 21.9. The van der Waals surface area contributed by atoms with Gasteiger partial charge >= 0.3 is 0 Å². The van der Waals surface area contributed by atoms with Crippen molar-refractivity contribution in [2.75, 3.05) is 6.61 Å². The molecule has 1 aliphatic heterocycles. The zero-order valence-corrected chi connectivity index (χ0v) is 19.3. The lowest BCUT2D eigenvalue weighted by molar-refractivity contribution is 0.0953. The summed E-state index contributed by atoms with van der Waals surface area (Å²) >= 11 is 13.6. The first kappa shape index (κ1) is 21.5. The van der Waals surface area contributed by atoms with Gasteiger partial charge in [-0.05, 0) is 49.2 Å². The van der Waals surface area contributed by atoms with E-state index in [9.17, 15) is 0 Å². The molecular weight excluding hydrogens is 469 g/mol. The maximum atomic E-state index is 6.07. The van der Waals surface area contributed by atoms with Crippen LogP contribution in [0, 0.1) is 0 Å².